The molecule has 0 saturated carbocycles. The highest BCUT2D eigenvalue weighted by atomic mass is 35.5. The molecule has 0 radical (unpaired) electrons. The van der Waals surface area contributed by atoms with Crippen molar-refractivity contribution in [3.05, 3.63) is 53.3 Å². The van der Waals surface area contributed by atoms with Crippen molar-refractivity contribution in [2.24, 2.45) is 0 Å². The fourth-order valence-electron chi connectivity index (χ4n) is 2.55. The Kier molecular flexibility index (Phi) is 3.81. The summed E-state index contributed by atoms with van der Waals surface area (Å²) in [5.74, 6) is -0.449. The van der Waals surface area contributed by atoms with Gasteiger partial charge in [-0.1, -0.05) is 30.7 Å². The topological polar surface area (TPSA) is 62.3 Å². The van der Waals surface area contributed by atoms with Crippen LogP contribution in [-0.4, -0.2) is 22.8 Å². The summed E-state index contributed by atoms with van der Waals surface area (Å²) in [6, 6.07) is 9.88. The number of carbonyl (C=O) groups excluding carboxylic acids is 2. The van der Waals surface area contributed by atoms with Gasteiger partial charge in [0.1, 0.15) is 11.2 Å². The Bertz CT molecular complexity index is 730. The minimum absolute atomic E-state index is 0.184. The molecule has 6 heteroatoms. The number of aromatic nitrogens is 1. The van der Waals surface area contributed by atoms with Crippen molar-refractivity contribution < 1.29 is 9.59 Å². The van der Waals surface area contributed by atoms with E-state index >= 15 is 0 Å². The third kappa shape index (κ3) is 2.44. The molecule has 1 N–H and O–H groups in total. The number of hydrogen-bond acceptors (Lipinski definition) is 3. The molecule has 1 aliphatic rings. The van der Waals surface area contributed by atoms with Crippen molar-refractivity contribution >= 4 is 34.8 Å². The van der Waals surface area contributed by atoms with E-state index in [0.29, 0.717) is 28.5 Å². The molecule has 1 aromatic heterocycles. The second kappa shape index (κ2) is 5.77. The number of pyridine rings is 1. The van der Waals surface area contributed by atoms with Crippen LogP contribution >= 0.6 is 11.6 Å². The van der Waals surface area contributed by atoms with Crippen LogP contribution in [0.3, 0.4) is 0 Å². The molecular formula is C16H14ClN3O2. The van der Waals surface area contributed by atoms with E-state index in [0.717, 1.165) is 0 Å². The summed E-state index contributed by atoms with van der Waals surface area (Å²) in [6.07, 6.45) is 1.94. The largest absolute Gasteiger partial charge is 0.322 e. The number of halogens is 1. The van der Waals surface area contributed by atoms with Crippen molar-refractivity contribution in [2.75, 3.05) is 10.2 Å². The molecule has 2 heterocycles. The lowest BCUT2D eigenvalue weighted by Crippen LogP contribution is -2.50. The molecule has 0 spiro atoms. The van der Waals surface area contributed by atoms with Crippen LogP contribution in [0.15, 0.2) is 42.6 Å². The molecule has 1 aliphatic heterocycles. The fraction of sp³-hybridized carbons (Fsp3) is 0.188. The SMILES string of the molecule is CC[C@H]1C(=O)Nc2ccccc2N1C(=O)c1ccc(Cl)nc1. The first-order valence-corrected chi connectivity index (χ1v) is 7.34. The number of nitrogens with one attached hydrogen (secondary N) is 1. The number of rotatable bonds is 2. The van der Waals surface area contributed by atoms with Crippen molar-refractivity contribution in [1.29, 1.82) is 0 Å². The van der Waals surface area contributed by atoms with Crippen LogP contribution in [0.5, 0.6) is 0 Å². The summed E-state index contributed by atoms with van der Waals surface area (Å²) in [7, 11) is 0. The number of amides is 2. The van der Waals surface area contributed by atoms with Gasteiger partial charge < -0.3 is 5.32 Å². The molecule has 5 nitrogen and oxygen atoms in total. The Morgan fingerprint density at radius 1 is 1.32 bits per heavy atom. The first kappa shape index (κ1) is 14.5. The number of para-hydroxylation sites is 2. The predicted octanol–water partition coefficient (Wildman–Crippen LogP) is 3.11. The lowest BCUT2D eigenvalue weighted by molar-refractivity contribution is -0.117. The van der Waals surface area contributed by atoms with Gasteiger partial charge >= 0.3 is 0 Å². The molecule has 0 unspecified atom stereocenters. The standard InChI is InChI=1S/C16H14ClN3O2/c1-2-12-15(21)19-11-5-3-4-6-13(11)20(12)16(22)10-7-8-14(17)18-9-10/h3-9,12H,2H2,1H3,(H,19,21)/t12-/m0/s1. The molecule has 2 aromatic rings. The Labute approximate surface area is 132 Å². The van der Waals surface area contributed by atoms with Gasteiger partial charge in [-0.05, 0) is 30.7 Å². The Balaban J connectivity index is 2.07. The Morgan fingerprint density at radius 3 is 2.77 bits per heavy atom. The van der Waals surface area contributed by atoms with Gasteiger partial charge in [-0.2, -0.15) is 0 Å². The van der Waals surface area contributed by atoms with Crippen LogP contribution in [0.1, 0.15) is 23.7 Å². The summed E-state index contributed by atoms with van der Waals surface area (Å²) >= 11 is 5.76. The molecule has 22 heavy (non-hydrogen) atoms. The lowest BCUT2D eigenvalue weighted by Gasteiger charge is -2.36. The summed E-state index contributed by atoms with van der Waals surface area (Å²) in [5.41, 5.74) is 1.72. The Morgan fingerprint density at radius 2 is 2.09 bits per heavy atom. The van der Waals surface area contributed by atoms with Crippen molar-refractivity contribution in [1.82, 2.24) is 4.98 Å². The minimum Gasteiger partial charge on any atom is -0.322 e. The van der Waals surface area contributed by atoms with Gasteiger partial charge in [0.25, 0.3) is 5.91 Å². The normalized spacial score (nSPS) is 16.9. The zero-order chi connectivity index (χ0) is 15.7. The molecule has 1 aromatic carbocycles. The average molecular weight is 316 g/mol. The van der Waals surface area contributed by atoms with E-state index in [-0.39, 0.29) is 11.8 Å². The summed E-state index contributed by atoms with van der Waals surface area (Å²) < 4.78 is 0. The van der Waals surface area contributed by atoms with Crippen LogP contribution < -0.4 is 10.2 Å². The van der Waals surface area contributed by atoms with Crippen molar-refractivity contribution in [2.45, 2.75) is 19.4 Å². The summed E-state index contributed by atoms with van der Waals surface area (Å²) in [6.45, 7) is 1.87. The van der Waals surface area contributed by atoms with Crippen LogP contribution in [0.25, 0.3) is 0 Å². The zero-order valence-electron chi connectivity index (χ0n) is 11.9. The van der Waals surface area contributed by atoms with Gasteiger partial charge in [0, 0.05) is 6.20 Å². The van der Waals surface area contributed by atoms with Gasteiger partial charge in [0.2, 0.25) is 5.91 Å². The third-order valence-electron chi connectivity index (χ3n) is 3.62. The molecule has 0 saturated heterocycles. The van der Waals surface area contributed by atoms with E-state index in [2.05, 4.69) is 10.3 Å². The molecule has 0 aliphatic carbocycles. The van der Waals surface area contributed by atoms with E-state index < -0.39 is 6.04 Å². The number of nitrogens with zero attached hydrogens (tertiary/aromatic N) is 2. The smallest absolute Gasteiger partial charge is 0.260 e. The van der Waals surface area contributed by atoms with E-state index in [4.69, 9.17) is 11.6 Å². The van der Waals surface area contributed by atoms with Crippen LogP contribution in [0.4, 0.5) is 11.4 Å². The molecular weight excluding hydrogens is 302 g/mol. The molecule has 3 rings (SSSR count). The first-order valence-electron chi connectivity index (χ1n) is 6.97. The van der Waals surface area contributed by atoms with Crippen LogP contribution in [0, 0.1) is 0 Å². The lowest BCUT2D eigenvalue weighted by atomic mass is 10.0. The first-order chi connectivity index (χ1) is 10.6. The average Bonchev–Trinajstić information content (AvgIpc) is 2.53. The van der Waals surface area contributed by atoms with Gasteiger partial charge in [0.05, 0.1) is 16.9 Å². The maximum Gasteiger partial charge on any atom is 0.260 e. The van der Waals surface area contributed by atoms with Gasteiger partial charge in [-0.3, -0.25) is 14.5 Å². The van der Waals surface area contributed by atoms with E-state index in [1.54, 1.807) is 18.2 Å². The molecule has 0 fully saturated rings. The monoisotopic (exact) mass is 315 g/mol. The maximum atomic E-state index is 12.9. The molecule has 2 amide bonds. The van der Waals surface area contributed by atoms with Gasteiger partial charge in [-0.25, -0.2) is 4.98 Å². The quantitative estimate of drug-likeness (QED) is 0.866. The highest BCUT2D eigenvalue weighted by Crippen LogP contribution is 2.33. The van der Waals surface area contributed by atoms with Crippen molar-refractivity contribution in [3.63, 3.8) is 0 Å². The minimum atomic E-state index is -0.543. The van der Waals surface area contributed by atoms with Crippen LogP contribution in [-0.2, 0) is 4.79 Å². The van der Waals surface area contributed by atoms with Gasteiger partial charge in [-0.15, -0.1) is 0 Å². The highest BCUT2D eigenvalue weighted by molar-refractivity contribution is 6.29. The predicted molar refractivity (Wildman–Crippen MR) is 85.2 cm³/mol. The van der Waals surface area contributed by atoms with Crippen molar-refractivity contribution in [3.8, 4) is 0 Å². The number of carbonyl (C=O) groups is 2. The summed E-state index contributed by atoms with van der Waals surface area (Å²) in [4.78, 5) is 30.6. The number of fused-ring (bicyclic) bond motifs is 1. The molecule has 0 bridgehead atoms. The number of benzene rings is 1. The van der Waals surface area contributed by atoms with E-state index in [1.165, 1.54) is 11.1 Å². The van der Waals surface area contributed by atoms with Gasteiger partial charge in [0.15, 0.2) is 0 Å². The fourth-order valence-corrected chi connectivity index (χ4v) is 2.66. The number of hydrogen-bond donors (Lipinski definition) is 1. The molecule has 1 atom stereocenters. The third-order valence-corrected chi connectivity index (χ3v) is 3.84. The van der Waals surface area contributed by atoms with E-state index in [1.807, 2.05) is 25.1 Å². The van der Waals surface area contributed by atoms with E-state index in [9.17, 15) is 9.59 Å². The zero-order valence-corrected chi connectivity index (χ0v) is 12.7. The van der Waals surface area contributed by atoms with Crippen LogP contribution in [0.2, 0.25) is 5.15 Å². The maximum absolute atomic E-state index is 12.9. The molecule has 112 valence electrons. The number of anilines is 2. The highest BCUT2D eigenvalue weighted by Gasteiger charge is 2.36. The summed E-state index contributed by atoms with van der Waals surface area (Å²) in [5, 5.41) is 3.16. The second-order valence-electron chi connectivity index (χ2n) is 4.98. The second-order valence-corrected chi connectivity index (χ2v) is 5.36. The Hall–Kier alpha value is -2.40.